The zero-order valence-corrected chi connectivity index (χ0v) is 11.9. The van der Waals surface area contributed by atoms with Gasteiger partial charge in [0, 0.05) is 25.7 Å². The van der Waals surface area contributed by atoms with Crippen molar-refractivity contribution in [3.8, 4) is 0 Å². The van der Waals surface area contributed by atoms with Crippen LogP contribution in [0.4, 0.5) is 14.6 Å². The molecule has 1 unspecified atom stereocenters. The van der Waals surface area contributed by atoms with Gasteiger partial charge in [-0.3, -0.25) is 9.40 Å². The van der Waals surface area contributed by atoms with Gasteiger partial charge in [-0.1, -0.05) is 12.1 Å². The zero-order chi connectivity index (χ0) is 15.3. The number of alkyl halides is 2. The molecule has 8 heteroatoms. The largest absolute Gasteiger partial charge is 0.274 e. The first-order valence-corrected chi connectivity index (χ1v) is 7.76. The normalized spacial score (nSPS) is 20.2. The summed E-state index contributed by atoms with van der Waals surface area (Å²) in [6.07, 6.45) is 1.36. The van der Waals surface area contributed by atoms with E-state index in [4.69, 9.17) is 0 Å². The van der Waals surface area contributed by atoms with Gasteiger partial charge in [0.25, 0.3) is 15.9 Å². The van der Waals surface area contributed by atoms with Crippen LogP contribution in [0.1, 0.15) is 17.9 Å². The van der Waals surface area contributed by atoms with Crippen molar-refractivity contribution >= 4 is 15.8 Å². The lowest BCUT2D eigenvalue weighted by atomic mass is 10.1. The number of rotatable bonds is 4. The van der Waals surface area contributed by atoms with Crippen LogP contribution in [0.2, 0.25) is 0 Å². The predicted octanol–water partition coefficient (Wildman–Crippen LogP) is 2.34. The Bertz CT molecular complexity index is 786. The summed E-state index contributed by atoms with van der Waals surface area (Å²) in [5, 5.41) is 3.92. The first-order valence-electron chi connectivity index (χ1n) is 6.28. The molecule has 0 aliphatic heterocycles. The number of hydrogen-bond acceptors (Lipinski definition) is 3. The summed E-state index contributed by atoms with van der Waals surface area (Å²) < 4.78 is 54.4. The second-order valence-electron chi connectivity index (χ2n) is 5.07. The van der Waals surface area contributed by atoms with Crippen molar-refractivity contribution in [2.75, 3.05) is 4.72 Å². The molecule has 5 nitrogen and oxygen atoms in total. The lowest BCUT2D eigenvalue weighted by Gasteiger charge is -2.07. The first kappa shape index (κ1) is 14.0. The van der Waals surface area contributed by atoms with Gasteiger partial charge in [0.1, 0.15) is 0 Å². The van der Waals surface area contributed by atoms with Crippen LogP contribution in [0.5, 0.6) is 0 Å². The van der Waals surface area contributed by atoms with Gasteiger partial charge in [-0.2, -0.15) is 5.10 Å². The van der Waals surface area contributed by atoms with Crippen LogP contribution in [0, 0.1) is 0 Å². The lowest BCUT2D eigenvalue weighted by molar-refractivity contribution is 0.112. The van der Waals surface area contributed by atoms with Gasteiger partial charge < -0.3 is 0 Å². The molecule has 1 saturated carbocycles. The van der Waals surface area contributed by atoms with E-state index in [1.807, 2.05) is 0 Å². The van der Waals surface area contributed by atoms with Gasteiger partial charge in [0.15, 0.2) is 5.82 Å². The zero-order valence-electron chi connectivity index (χ0n) is 11.1. The summed E-state index contributed by atoms with van der Waals surface area (Å²) in [7, 11) is -2.18. The van der Waals surface area contributed by atoms with Crippen LogP contribution < -0.4 is 4.72 Å². The standard InChI is InChI=1S/C13H13F2N3O2S/c1-18-6-5-12(16-18)17-21(19,20)10-4-2-3-9(7-10)11-8-13(11,14)15/h2-7,11H,8H2,1H3,(H,16,17). The van der Waals surface area contributed by atoms with Crippen molar-refractivity contribution < 1.29 is 17.2 Å². The maximum Gasteiger partial charge on any atom is 0.263 e. The molecule has 1 aromatic heterocycles. The molecule has 1 N–H and O–H groups in total. The van der Waals surface area contributed by atoms with Crippen LogP contribution in [-0.2, 0) is 17.1 Å². The van der Waals surface area contributed by atoms with Crippen LogP contribution in [-0.4, -0.2) is 24.1 Å². The minimum absolute atomic E-state index is 0.0478. The van der Waals surface area contributed by atoms with Crippen molar-refractivity contribution in [1.29, 1.82) is 0 Å². The maximum absolute atomic E-state index is 13.1. The van der Waals surface area contributed by atoms with Gasteiger partial charge in [0.2, 0.25) is 0 Å². The molecule has 0 bridgehead atoms. The van der Waals surface area contributed by atoms with E-state index >= 15 is 0 Å². The summed E-state index contributed by atoms with van der Waals surface area (Å²) in [4.78, 5) is -0.0478. The highest BCUT2D eigenvalue weighted by Crippen LogP contribution is 2.55. The second kappa shape index (κ2) is 4.52. The molecule has 1 heterocycles. The Morgan fingerprint density at radius 2 is 2.10 bits per heavy atom. The molecule has 1 atom stereocenters. The molecule has 0 amide bonds. The van der Waals surface area contributed by atoms with E-state index in [-0.39, 0.29) is 17.1 Å². The van der Waals surface area contributed by atoms with Crippen molar-refractivity contribution in [2.24, 2.45) is 7.05 Å². The molecule has 1 aliphatic rings. The van der Waals surface area contributed by atoms with E-state index in [1.165, 1.54) is 35.0 Å². The number of nitrogens with zero attached hydrogens (tertiary/aromatic N) is 2. The summed E-state index contributed by atoms with van der Waals surface area (Å²) in [6.45, 7) is 0. The minimum atomic E-state index is -3.84. The summed E-state index contributed by atoms with van der Waals surface area (Å²) in [5.41, 5.74) is 0.337. The van der Waals surface area contributed by atoms with Crippen molar-refractivity contribution in [2.45, 2.75) is 23.2 Å². The number of halogens is 2. The molecule has 112 valence electrons. The highest BCUT2D eigenvalue weighted by atomic mass is 32.2. The summed E-state index contributed by atoms with van der Waals surface area (Å²) in [6, 6.07) is 7.16. The fourth-order valence-corrected chi connectivity index (χ4v) is 3.19. The van der Waals surface area contributed by atoms with Gasteiger partial charge in [-0.05, 0) is 17.7 Å². The Morgan fingerprint density at radius 3 is 2.67 bits per heavy atom. The average molecular weight is 313 g/mol. The molecular weight excluding hydrogens is 300 g/mol. The highest BCUT2D eigenvalue weighted by Gasteiger charge is 2.57. The van der Waals surface area contributed by atoms with E-state index in [1.54, 1.807) is 13.2 Å². The highest BCUT2D eigenvalue weighted by molar-refractivity contribution is 7.92. The van der Waals surface area contributed by atoms with Gasteiger partial charge >= 0.3 is 0 Å². The molecule has 1 fully saturated rings. The predicted molar refractivity (Wildman–Crippen MR) is 72.8 cm³/mol. The molecule has 21 heavy (non-hydrogen) atoms. The molecule has 1 aliphatic carbocycles. The number of hydrogen-bond donors (Lipinski definition) is 1. The quantitative estimate of drug-likeness (QED) is 0.942. The summed E-state index contributed by atoms with van der Waals surface area (Å²) >= 11 is 0. The van der Waals surface area contributed by atoms with Gasteiger partial charge in [-0.25, -0.2) is 17.2 Å². The second-order valence-corrected chi connectivity index (χ2v) is 6.75. The SMILES string of the molecule is Cn1ccc(NS(=O)(=O)c2cccc(C3CC3(F)F)c2)n1. The smallest absolute Gasteiger partial charge is 0.263 e. The Hall–Kier alpha value is -1.96. The van der Waals surface area contributed by atoms with Crippen LogP contribution >= 0.6 is 0 Å². The van der Waals surface area contributed by atoms with E-state index in [0.29, 0.717) is 5.56 Å². The van der Waals surface area contributed by atoms with Crippen LogP contribution in [0.15, 0.2) is 41.4 Å². The van der Waals surface area contributed by atoms with Crippen molar-refractivity contribution in [3.63, 3.8) is 0 Å². The first-order chi connectivity index (χ1) is 9.78. The third-order valence-corrected chi connectivity index (χ3v) is 4.70. The van der Waals surface area contributed by atoms with E-state index in [0.717, 1.165) is 0 Å². The van der Waals surface area contributed by atoms with E-state index in [9.17, 15) is 17.2 Å². The molecule has 0 saturated heterocycles. The molecular formula is C13H13F2N3O2S. The minimum Gasteiger partial charge on any atom is -0.274 e. The number of anilines is 1. The Labute approximate surface area is 120 Å². The molecule has 0 radical (unpaired) electrons. The topological polar surface area (TPSA) is 64.0 Å². The van der Waals surface area contributed by atoms with Crippen molar-refractivity contribution in [1.82, 2.24) is 9.78 Å². The molecule has 2 aromatic rings. The number of nitrogens with one attached hydrogen (secondary N) is 1. The number of benzene rings is 1. The fraction of sp³-hybridized carbons (Fsp3) is 0.308. The number of aryl methyl sites for hydroxylation is 1. The van der Waals surface area contributed by atoms with E-state index in [2.05, 4.69) is 9.82 Å². The maximum atomic E-state index is 13.1. The fourth-order valence-electron chi connectivity index (χ4n) is 2.14. The van der Waals surface area contributed by atoms with Crippen molar-refractivity contribution in [3.05, 3.63) is 42.1 Å². The summed E-state index contributed by atoms with van der Waals surface area (Å²) in [5.74, 6) is -3.43. The number of aromatic nitrogens is 2. The molecule has 1 aromatic carbocycles. The third-order valence-electron chi connectivity index (χ3n) is 3.35. The Morgan fingerprint density at radius 1 is 1.38 bits per heavy atom. The third kappa shape index (κ3) is 2.76. The lowest BCUT2D eigenvalue weighted by Crippen LogP contribution is -2.14. The monoisotopic (exact) mass is 313 g/mol. The van der Waals surface area contributed by atoms with Gasteiger partial charge in [-0.15, -0.1) is 0 Å². The van der Waals surface area contributed by atoms with Crippen LogP contribution in [0.3, 0.4) is 0 Å². The Balaban J connectivity index is 1.87. The average Bonchev–Trinajstić information content (AvgIpc) is 2.86. The van der Waals surface area contributed by atoms with E-state index < -0.39 is 21.9 Å². The molecule has 0 spiro atoms. The molecule has 3 rings (SSSR count). The van der Waals surface area contributed by atoms with Gasteiger partial charge in [0.05, 0.1) is 10.8 Å². The van der Waals surface area contributed by atoms with Crippen LogP contribution in [0.25, 0.3) is 0 Å². The Kier molecular flexibility index (Phi) is 3.01. The number of sulfonamides is 1.